The Bertz CT molecular complexity index is 628. The van der Waals surface area contributed by atoms with Crippen LogP contribution in [0, 0.1) is 0 Å². The Morgan fingerprint density at radius 2 is 2.19 bits per heavy atom. The van der Waals surface area contributed by atoms with Crippen LogP contribution < -0.4 is 5.32 Å². The third kappa shape index (κ3) is 3.60. The molecule has 4 N–H and O–H groups in total. The summed E-state index contributed by atoms with van der Waals surface area (Å²) in [6, 6.07) is 5.25. The van der Waals surface area contributed by atoms with E-state index in [1.165, 1.54) is 12.1 Å². The molecule has 0 bridgehead atoms. The monoisotopic (exact) mass is 291 g/mol. The molecule has 2 rings (SSSR count). The van der Waals surface area contributed by atoms with Crippen LogP contribution in [0.2, 0.25) is 0 Å². The third-order valence-corrected chi connectivity index (χ3v) is 2.75. The van der Waals surface area contributed by atoms with Crippen molar-refractivity contribution >= 4 is 11.9 Å². The number of benzene rings is 1. The Labute approximate surface area is 119 Å². The fraction of sp³-hybridized carbons (Fsp3) is 0.250. The van der Waals surface area contributed by atoms with E-state index < -0.39 is 17.9 Å². The predicted octanol–water partition coefficient (Wildman–Crippen LogP) is -0.568. The lowest BCUT2D eigenvalue weighted by atomic mass is 10.1. The molecule has 2 aromatic rings. The second-order valence-corrected chi connectivity index (χ2v) is 4.19. The number of amides is 1. The summed E-state index contributed by atoms with van der Waals surface area (Å²) in [6.07, 6.45) is -0.0639. The Morgan fingerprint density at radius 1 is 1.38 bits per heavy atom. The molecule has 21 heavy (non-hydrogen) atoms. The first-order valence-corrected chi connectivity index (χ1v) is 6.10. The molecule has 0 aliphatic heterocycles. The molecule has 110 valence electrons. The van der Waals surface area contributed by atoms with Crippen LogP contribution in [0.1, 0.15) is 16.8 Å². The van der Waals surface area contributed by atoms with E-state index in [4.69, 9.17) is 10.2 Å². The van der Waals surface area contributed by atoms with Gasteiger partial charge in [-0.3, -0.25) is 4.79 Å². The molecule has 9 heteroatoms. The summed E-state index contributed by atoms with van der Waals surface area (Å²) in [5.41, 5.74) is 0.840. The van der Waals surface area contributed by atoms with Crippen molar-refractivity contribution in [2.24, 2.45) is 0 Å². The fourth-order valence-corrected chi connectivity index (χ4v) is 1.71. The second-order valence-electron chi connectivity index (χ2n) is 4.19. The topological polar surface area (TPSA) is 141 Å². The highest BCUT2D eigenvalue weighted by molar-refractivity contribution is 5.97. The Morgan fingerprint density at radius 3 is 2.81 bits per heavy atom. The molecule has 1 aromatic carbocycles. The normalized spacial score (nSPS) is 11.9. The number of carboxylic acid groups (broad SMARTS) is 1. The number of hydrogen-bond acceptors (Lipinski definition) is 6. The first-order valence-electron chi connectivity index (χ1n) is 6.10. The van der Waals surface area contributed by atoms with E-state index in [-0.39, 0.29) is 18.6 Å². The van der Waals surface area contributed by atoms with Crippen molar-refractivity contribution in [2.45, 2.75) is 12.5 Å². The van der Waals surface area contributed by atoms with Crippen LogP contribution in [0.3, 0.4) is 0 Å². The van der Waals surface area contributed by atoms with Gasteiger partial charge in [0.2, 0.25) is 5.82 Å². The van der Waals surface area contributed by atoms with Crippen LogP contribution in [0.15, 0.2) is 24.3 Å². The lowest BCUT2D eigenvalue weighted by Crippen LogP contribution is -2.41. The zero-order valence-corrected chi connectivity index (χ0v) is 10.9. The fourth-order valence-electron chi connectivity index (χ4n) is 1.71. The number of aromatic amines is 1. The van der Waals surface area contributed by atoms with Gasteiger partial charge in [0, 0.05) is 24.2 Å². The van der Waals surface area contributed by atoms with Crippen LogP contribution in [-0.2, 0) is 4.79 Å². The van der Waals surface area contributed by atoms with E-state index >= 15 is 0 Å². The minimum atomic E-state index is -1.20. The number of aliphatic hydroxyl groups excluding tert-OH is 1. The molecule has 1 aromatic heterocycles. The molecule has 0 aliphatic rings. The summed E-state index contributed by atoms with van der Waals surface area (Å²) in [7, 11) is 0. The first kappa shape index (κ1) is 14.6. The highest BCUT2D eigenvalue weighted by Gasteiger charge is 2.20. The van der Waals surface area contributed by atoms with Gasteiger partial charge >= 0.3 is 5.97 Å². The van der Waals surface area contributed by atoms with Gasteiger partial charge in [-0.2, -0.15) is 5.21 Å². The van der Waals surface area contributed by atoms with Crippen molar-refractivity contribution in [1.82, 2.24) is 25.9 Å². The molecule has 1 heterocycles. The van der Waals surface area contributed by atoms with Crippen molar-refractivity contribution in [2.75, 3.05) is 6.61 Å². The minimum absolute atomic E-state index is 0.0639. The number of nitrogens with zero attached hydrogens (tertiary/aromatic N) is 3. The average molecular weight is 291 g/mol. The SMILES string of the molecule is O=C(N[C@@H](CCO)C(=O)O)c1cccc(-c2nn[nH]n2)c1. The van der Waals surface area contributed by atoms with Crippen LogP contribution >= 0.6 is 0 Å². The van der Waals surface area contributed by atoms with E-state index in [9.17, 15) is 9.59 Å². The van der Waals surface area contributed by atoms with E-state index in [1.807, 2.05) is 0 Å². The van der Waals surface area contributed by atoms with Crippen molar-refractivity contribution in [3.63, 3.8) is 0 Å². The standard InChI is InChI=1S/C12H13N5O4/c18-5-4-9(12(20)21)13-11(19)8-3-1-2-7(6-8)10-14-16-17-15-10/h1-3,6,9,18H,4-5H2,(H,13,19)(H,20,21)(H,14,15,16,17)/t9-/m0/s1. The maximum atomic E-state index is 12.0. The molecule has 0 radical (unpaired) electrons. The van der Waals surface area contributed by atoms with Crippen molar-refractivity contribution in [3.05, 3.63) is 29.8 Å². The highest BCUT2D eigenvalue weighted by Crippen LogP contribution is 2.15. The van der Waals surface area contributed by atoms with E-state index in [0.717, 1.165) is 0 Å². The van der Waals surface area contributed by atoms with Gasteiger partial charge in [0.1, 0.15) is 6.04 Å². The van der Waals surface area contributed by atoms with E-state index in [2.05, 4.69) is 25.9 Å². The Hall–Kier alpha value is -2.81. The van der Waals surface area contributed by atoms with Gasteiger partial charge in [0.05, 0.1) is 0 Å². The summed E-state index contributed by atoms with van der Waals surface area (Å²) in [4.78, 5) is 23.0. The molecule has 9 nitrogen and oxygen atoms in total. The predicted molar refractivity (Wildman–Crippen MR) is 70.2 cm³/mol. The highest BCUT2D eigenvalue weighted by atomic mass is 16.4. The average Bonchev–Trinajstić information content (AvgIpc) is 3.01. The van der Waals surface area contributed by atoms with Gasteiger partial charge in [0.25, 0.3) is 5.91 Å². The van der Waals surface area contributed by atoms with Gasteiger partial charge in [-0.05, 0) is 17.3 Å². The number of aliphatic hydroxyl groups is 1. The summed E-state index contributed by atoms with van der Waals surface area (Å²) in [5, 5.41) is 33.4. The number of nitrogens with one attached hydrogen (secondary N) is 2. The number of carbonyl (C=O) groups is 2. The molecule has 0 unspecified atom stereocenters. The molecule has 0 aliphatic carbocycles. The number of rotatable bonds is 6. The van der Waals surface area contributed by atoms with Gasteiger partial charge in [-0.25, -0.2) is 4.79 Å². The molecular weight excluding hydrogens is 278 g/mol. The molecular formula is C12H13N5O4. The van der Waals surface area contributed by atoms with Gasteiger partial charge in [-0.1, -0.05) is 12.1 Å². The smallest absolute Gasteiger partial charge is 0.326 e. The van der Waals surface area contributed by atoms with Crippen molar-refractivity contribution < 1.29 is 19.8 Å². The van der Waals surface area contributed by atoms with Gasteiger partial charge in [0.15, 0.2) is 0 Å². The van der Waals surface area contributed by atoms with Crippen LogP contribution in [0.4, 0.5) is 0 Å². The third-order valence-electron chi connectivity index (χ3n) is 2.75. The largest absolute Gasteiger partial charge is 0.480 e. The Balaban J connectivity index is 2.16. The van der Waals surface area contributed by atoms with Crippen LogP contribution in [0.5, 0.6) is 0 Å². The number of H-pyrrole nitrogens is 1. The van der Waals surface area contributed by atoms with Crippen LogP contribution in [-0.4, -0.2) is 55.4 Å². The van der Waals surface area contributed by atoms with Gasteiger partial charge in [-0.15, -0.1) is 10.2 Å². The number of aromatic nitrogens is 4. The Kier molecular flexibility index (Phi) is 4.57. The molecule has 0 saturated carbocycles. The molecule has 0 spiro atoms. The van der Waals surface area contributed by atoms with Crippen molar-refractivity contribution in [3.8, 4) is 11.4 Å². The summed E-state index contributed by atoms with van der Waals surface area (Å²) in [5.74, 6) is -1.43. The van der Waals surface area contributed by atoms with Gasteiger partial charge < -0.3 is 15.5 Å². The minimum Gasteiger partial charge on any atom is -0.480 e. The zero-order valence-electron chi connectivity index (χ0n) is 10.9. The number of carbonyl (C=O) groups excluding carboxylic acids is 1. The summed E-state index contributed by atoms with van der Waals surface area (Å²) >= 11 is 0. The molecule has 0 saturated heterocycles. The lowest BCUT2D eigenvalue weighted by molar-refractivity contribution is -0.139. The molecule has 1 amide bonds. The molecule has 0 fully saturated rings. The number of tetrazole rings is 1. The first-order chi connectivity index (χ1) is 10.1. The number of hydrogen-bond donors (Lipinski definition) is 4. The van der Waals surface area contributed by atoms with E-state index in [1.54, 1.807) is 12.1 Å². The number of carboxylic acids is 1. The summed E-state index contributed by atoms with van der Waals surface area (Å²) in [6.45, 7) is -0.333. The second kappa shape index (κ2) is 6.57. The van der Waals surface area contributed by atoms with E-state index in [0.29, 0.717) is 11.4 Å². The maximum absolute atomic E-state index is 12.0. The maximum Gasteiger partial charge on any atom is 0.326 e. The molecule has 1 atom stereocenters. The summed E-state index contributed by atoms with van der Waals surface area (Å²) < 4.78 is 0. The van der Waals surface area contributed by atoms with Crippen LogP contribution in [0.25, 0.3) is 11.4 Å². The lowest BCUT2D eigenvalue weighted by Gasteiger charge is -2.13. The number of aliphatic carboxylic acids is 1. The van der Waals surface area contributed by atoms with Crippen molar-refractivity contribution in [1.29, 1.82) is 0 Å². The zero-order chi connectivity index (χ0) is 15.2. The quantitative estimate of drug-likeness (QED) is 0.558.